The third-order valence-corrected chi connectivity index (χ3v) is 5.98. The van der Waals surface area contributed by atoms with Crippen molar-refractivity contribution in [1.82, 2.24) is 13.5 Å². The largest absolute Gasteiger partial charge is 0.497 e. The van der Waals surface area contributed by atoms with E-state index in [4.69, 9.17) is 9.47 Å². The van der Waals surface area contributed by atoms with Gasteiger partial charge < -0.3 is 14.4 Å². The zero-order valence-corrected chi connectivity index (χ0v) is 15.7. The van der Waals surface area contributed by atoms with E-state index >= 15 is 0 Å². The average Bonchev–Trinajstić information content (AvgIpc) is 2.62. The van der Waals surface area contributed by atoms with Gasteiger partial charge in [0.2, 0.25) is 0 Å². The highest BCUT2D eigenvalue weighted by Gasteiger charge is 2.32. The van der Waals surface area contributed by atoms with Gasteiger partial charge in [-0.15, -0.1) is 0 Å². The molecule has 1 aliphatic heterocycles. The zero-order valence-electron chi connectivity index (χ0n) is 14.8. The van der Waals surface area contributed by atoms with E-state index in [-0.39, 0.29) is 19.6 Å². The highest BCUT2D eigenvalue weighted by atomic mass is 32.2. The highest BCUT2D eigenvalue weighted by Crippen LogP contribution is 2.17. The van der Waals surface area contributed by atoms with Gasteiger partial charge in [0.15, 0.2) is 0 Å². The number of carbonyl (C=O) groups is 1. The van der Waals surface area contributed by atoms with Crippen LogP contribution in [-0.4, -0.2) is 75.0 Å². The van der Waals surface area contributed by atoms with Gasteiger partial charge in [-0.1, -0.05) is 12.1 Å². The van der Waals surface area contributed by atoms with E-state index in [0.29, 0.717) is 19.7 Å². The standard InChI is InChI=1S/C16H25N3O5S/c1-4-24-16(20)18-9-11-19(12-10-18)25(21,22)17(2)13-14-5-7-15(23-3)8-6-14/h5-8H,4,9-13H2,1-3H3. The molecule has 1 heterocycles. The van der Waals surface area contributed by atoms with Crippen molar-refractivity contribution in [2.75, 3.05) is 46.9 Å². The summed E-state index contributed by atoms with van der Waals surface area (Å²) in [4.78, 5) is 13.2. The molecule has 25 heavy (non-hydrogen) atoms. The predicted molar refractivity (Wildman–Crippen MR) is 93.5 cm³/mol. The Morgan fingerprint density at radius 3 is 2.28 bits per heavy atom. The van der Waals surface area contributed by atoms with Gasteiger partial charge in [-0.2, -0.15) is 17.0 Å². The number of piperazine rings is 1. The smallest absolute Gasteiger partial charge is 0.409 e. The second kappa shape index (κ2) is 8.50. The van der Waals surface area contributed by atoms with Crippen LogP contribution in [0.15, 0.2) is 24.3 Å². The van der Waals surface area contributed by atoms with Crippen LogP contribution in [0, 0.1) is 0 Å². The molecule has 0 spiro atoms. The molecule has 2 rings (SSSR count). The van der Waals surface area contributed by atoms with Gasteiger partial charge in [-0.05, 0) is 24.6 Å². The summed E-state index contributed by atoms with van der Waals surface area (Å²) in [5.74, 6) is 0.726. The number of amides is 1. The number of hydrogen-bond donors (Lipinski definition) is 0. The highest BCUT2D eigenvalue weighted by molar-refractivity contribution is 7.86. The predicted octanol–water partition coefficient (Wildman–Crippen LogP) is 1.15. The lowest BCUT2D eigenvalue weighted by molar-refractivity contribution is 0.0925. The summed E-state index contributed by atoms with van der Waals surface area (Å²) in [5, 5.41) is 0. The zero-order chi connectivity index (χ0) is 18.4. The van der Waals surface area contributed by atoms with Crippen molar-refractivity contribution < 1.29 is 22.7 Å². The van der Waals surface area contributed by atoms with Crippen LogP contribution in [-0.2, 0) is 21.5 Å². The molecule has 1 aromatic rings. The van der Waals surface area contributed by atoms with Crippen LogP contribution in [0.4, 0.5) is 4.79 Å². The molecule has 9 heteroatoms. The van der Waals surface area contributed by atoms with Gasteiger partial charge in [-0.3, -0.25) is 0 Å². The maximum absolute atomic E-state index is 12.7. The van der Waals surface area contributed by atoms with E-state index in [2.05, 4.69) is 0 Å². The van der Waals surface area contributed by atoms with Gasteiger partial charge in [0.1, 0.15) is 5.75 Å². The summed E-state index contributed by atoms with van der Waals surface area (Å²) < 4.78 is 38.2. The summed E-state index contributed by atoms with van der Waals surface area (Å²) in [6, 6.07) is 7.27. The van der Waals surface area contributed by atoms with Gasteiger partial charge in [0.05, 0.1) is 13.7 Å². The Bertz CT molecular complexity index is 670. The number of hydrogen-bond acceptors (Lipinski definition) is 5. The lowest BCUT2D eigenvalue weighted by Crippen LogP contribution is -2.53. The SMILES string of the molecule is CCOC(=O)N1CCN(S(=O)(=O)N(C)Cc2ccc(OC)cc2)CC1. The van der Waals surface area contributed by atoms with E-state index < -0.39 is 16.3 Å². The summed E-state index contributed by atoms with van der Waals surface area (Å²) in [5.41, 5.74) is 0.872. The molecule has 0 atom stereocenters. The molecule has 0 unspecified atom stereocenters. The lowest BCUT2D eigenvalue weighted by Gasteiger charge is -2.35. The Morgan fingerprint density at radius 2 is 1.76 bits per heavy atom. The third-order valence-electron chi connectivity index (χ3n) is 4.05. The summed E-state index contributed by atoms with van der Waals surface area (Å²) in [6.45, 7) is 3.49. The fourth-order valence-electron chi connectivity index (χ4n) is 2.58. The minimum atomic E-state index is -3.58. The quantitative estimate of drug-likeness (QED) is 0.749. The van der Waals surface area contributed by atoms with Gasteiger partial charge in [0.25, 0.3) is 10.2 Å². The number of methoxy groups -OCH3 is 1. The number of benzene rings is 1. The molecule has 8 nitrogen and oxygen atoms in total. The van der Waals surface area contributed by atoms with Crippen LogP contribution in [0.1, 0.15) is 12.5 Å². The monoisotopic (exact) mass is 371 g/mol. The van der Waals surface area contributed by atoms with E-state index in [1.807, 2.05) is 12.1 Å². The third kappa shape index (κ3) is 4.83. The van der Waals surface area contributed by atoms with Crippen LogP contribution >= 0.6 is 0 Å². The minimum Gasteiger partial charge on any atom is -0.497 e. The molecule has 0 radical (unpaired) electrons. The molecule has 0 N–H and O–H groups in total. The fraction of sp³-hybridized carbons (Fsp3) is 0.562. The Balaban J connectivity index is 1.95. The molecule has 0 bridgehead atoms. The molecule has 0 aromatic heterocycles. The molecule has 140 valence electrons. The summed E-state index contributed by atoms with van der Waals surface area (Å²) >= 11 is 0. The minimum absolute atomic E-state index is 0.258. The van der Waals surface area contributed by atoms with Crippen molar-refractivity contribution in [3.05, 3.63) is 29.8 Å². The molecule has 1 amide bonds. The molecule has 1 fully saturated rings. The number of nitrogens with zero attached hydrogens (tertiary/aromatic N) is 3. The van der Waals surface area contributed by atoms with Gasteiger partial charge in [0, 0.05) is 39.8 Å². The number of ether oxygens (including phenoxy) is 2. The van der Waals surface area contributed by atoms with Crippen LogP contribution in [0.5, 0.6) is 5.75 Å². The first-order valence-corrected chi connectivity index (χ1v) is 9.54. The molecule has 1 aliphatic rings. The van der Waals surface area contributed by atoms with Crippen molar-refractivity contribution in [1.29, 1.82) is 0 Å². The fourth-order valence-corrected chi connectivity index (χ4v) is 3.91. The molecule has 1 aromatic carbocycles. The topological polar surface area (TPSA) is 79.4 Å². The number of rotatable bonds is 6. The Hall–Kier alpha value is -1.84. The van der Waals surface area contributed by atoms with E-state index in [1.165, 1.54) is 13.5 Å². The van der Waals surface area contributed by atoms with Crippen LogP contribution in [0.25, 0.3) is 0 Å². The van der Waals surface area contributed by atoms with Crippen molar-refractivity contribution >= 4 is 16.3 Å². The van der Waals surface area contributed by atoms with E-state index in [9.17, 15) is 13.2 Å². The molecular weight excluding hydrogens is 346 g/mol. The lowest BCUT2D eigenvalue weighted by atomic mass is 10.2. The molecule has 0 saturated carbocycles. The van der Waals surface area contributed by atoms with Crippen molar-refractivity contribution in [3.63, 3.8) is 0 Å². The first kappa shape index (κ1) is 19.5. The molecule has 1 saturated heterocycles. The average molecular weight is 371 g/mol. The first-order valence-electron chi connectivity index (χ1n) is 8.14. The second-order valence-electron chi connectivity index (χ2n) is 5.70. The van der Waals surface area contributed by atoms with Crippen LogP contribution in [0.2, 0.25) is 0 Å². The molecule has 0 aliphatic carbocycles. The van der Waals surface area contributed by atoms with Crippen LogP contribution < -0.4 is 4.74 Å². The summed E-state index contributed by atoms with van der Waals surface area (Å²) in [7, 11) is -0.443. The first-order chi connectivity index (χ1) is 11.9. The Labute approximate surface area is 149 Å². The molecular formula is C16H25N3O5S. The Kier molecular flexibility index (Phi) is 6.63. The van der Waals surface area contributed by atoms with Gasteiger partial charge >= 0.3 is 6.09 Å². The summed E-state index contributed by atoms with van der Waals surface area (Å²) in [6.07, 6.45) is -0.397. The van der Waals surface area contributed by atoms with Crippen molar-refractivity contribution in [2.45, 2.75) is 13.5 Å². The second-order valence-corrected chi connectivity index (χ2v) is 7.73. The van der Waals surface area contributed by atoms with E-state index in [1.54, 1.807) is 33.2 Å². The number of carbonyl (C=O) groups excluding carboxylic acids is 1. The maximum Gasteiger partial charge on any atom is 0.409 e. The van der Waals surface area contributed by atoms with Gasteiger partial charge in [-0.25, -0.2) is 4.79 Å². The maximum atomic E-state index is 12.7. The van der Waals surface area contributed by atoms with Crippen molar-refractivity contribution in [3.8, 4) is 5.75 Å². The van der Waals surface area contributed by atoms with E-state index in [0.717, 1.165) is 11.3 Å². The Morgan fingerprint density at radius 1 is 1.16 bits per heavy atom. The van der Waals surface area contributed by atoms with Crippen LogP contribution in [0.3, 0.4) is 0 Å². The van der Waals surface area contributed by atoms with Crippen molar-refractivity contribution in [2.24, 2.45) is 0 Å². The normalized spacial score (nSPS) is 16.1.